The maximum Gasteiger partial charge on any atom is 0.178 e. The Morgan fingerprint density at radius 3 is 2.00 bits per heavy atom. The highest BCUT2D eigenvalue weighted by atomic mass is 16.6. The summed E-state index contributed by atoms with van der Waals surface area (Å²) in [6.07, 6.45) is 8.12. The van der Waals surface area contributed by atoms with Crippen molar-refractivity contribution in [3.63, 3.8) is 0 Å². The van der Waals surface area contributed by atoms with Gasteiger partial charge in [0.1, 0.15) is 0 Å². The second kappa shape index (κ2) is 9.89. The lowest BCUT2D eigenvalue weighted by atomic mass is 9.70. The minimum absolute atomic E-state index is 0.152. The lowest BCUT2D eigenvalue weighted by Crippen LogP contribution is -2.29. The van der Waals surface area contributed by atoms with E-state index in [1.54, 1.807) is 0 Å². The van der Waals surface area contributed by atoms with Crippen molar-refractivity contribution in [2.24, 2.45) is 0 Å². The summed E-state index contributed by atoms with van der Waals surface area (Å²) in [5.41, 5.74) is 11.7. The highest BCUT2D eigenvalue weighted by Crippen LogP contribution is 2.66. The van der Waals surface area contributed by atoms with Gasteiger partial charge in [0.25, 0.3) is 0 Å². The number of benzene rings is 5. The third kappa shape index (κ3) is 3.50. The molecule has 5 aromatic carbocycles. The van der Waals surface area contributed by atoms with E-state index in [1.165, 1.54) is 38.9 Å². The number of rotatable bonds is 5. The van der Waals surface area contributed by atoms with E-state index in [0.29, 0.717) is 11.5 Å². The summed E-state index contributed by atoms with van der Waals surface area (Å²) < 4.78 is 13.5. The van der Waals surface area contributed by atoms with Crippen molar-refractivity contribution in [3.8, 4) is 45.3 Å². The van der Waals surface area contributed by atoms with Crippen LogP contribution in [0.5, 0.6) is 23.0 Å². The summed E-state index contributed by atoms with van der Waals surface area (Å²) in [7, 11) is 0. The molecule has 3 aliphatic rings. The normalized spacial score (nSPS) is 15.3. The van der Waals surface area contributed by atoms with Gasteiger partial charge >= 0.3 is 0 Å². The van der Waals surface area contributed by atoms with Gasteiger partial charge in [-0.15, -0.1) is 0 Å². The van der Waals surface area contributed by atoms with Crippen molar-refractivity contribution in [2.45, 2.75) is 32.2 Å². The van der Waals surface area contributed by atoms with E-state index in [0.717, 1.165) is 28.4 Å². The Morgan fingerprint density at radius 2 is 1.34 bits per heavy atom. The summed E-state index contributed by atoms with van der Waals surface area (Å²) >= 11 is 0. The smallest absolute Gasteiger partial charge is 0.178 e. The standard InChI is InChI=1S/C41H33NO2/c1-5-13-26(3)42(27(4)14-6-2)28-21-23-36-38(25-28)43-37-24-22-35-39(40(37)44-36)31-17-9-12-20-34(31)41(35)32-18-10-7-15-29(32)30-16-8-11-19-33(30)41/h5-25,27H,1H2,2-4H3/b14-6-,26-13+. The van der Waals surface area contributed by atoms with E-state index in [1.807, 2.05) is 25.1 Å². The van der Waals surface area contributed by atoms with Gasteiger partial charge in [-0.3, -0.25) is 0 Å². The highest BCUT2D eigenvalue weighted by Gasteiger charge is 2.53. The Morgan fingerprint density at radius 1 is 0.727 bits per heavy atom. The molecule has 44 heavy (non-hydrogen) atoms. The van der Waals surface area contributed by atoms with E-state index in [4.69, 9.17) is 9.47 Å². The molecule has 0 radical (unpaired) electrons. The molecule has 214 valence electrons. The summed E-state index contributed by atoms with van der Waals surface area (Å²) in [6.45, 7) is 10.2. The van der Waals surface area contributed by atoms with Gasteiger partial charge in [-0.1, -0.05) is 104 Å². The highest BCUT2D eigenvalue weighted by molar-refractivity contribution is 5.97. The second-order valence-corrected chi connectivity index (χ2v) is 11.7. The van der Waals surface area contributed by atoms with Crippen LogP contribution in [0.15, 0.2) is 140 Å². The fourth-order valence-corrected chi connectivity index (χ4v) is 7.73. The van der Waals surface area contributed by atoms with Crippen LogP contribution in [0.1, 0.15) is 43.0 Å². The first-order valence-corrected chi connectivity index (χ1v) is 15.3. The largest absolute Gasteiger partial charge is 0.449 e. The SMILES string of the molecule is C=C/C=C(\C)N(c1ccc2c(c1)Oc1ccc3c(c1O2)-c1ccccc1C31c2ccccc2-c2ccccc21)C(C)/C=C\C. The van der Waals surface area contributed by atoms with Crippen LogP contribution in [0.3, 0.4) is 0 Å². The Kier molecular flexibility index (Phi) is 5.92. The van der Waals surface area contributed by atoms with Crippen LogP contribution >= 0.6 is 0 Å². The van der Waals surface area contributed by atoms with Crippen molar-refractivity contribution in [2.75, 3.05) is 4.90 Å². The fourth-order valence-electron chi connectivity index (χ4n) is 7.73. The maximum atomic E-state index is 6.82. The first-order valence-electron chi connectivity index (χ1n) is 15.3. The number of hydrogen-bond donors (Lipinski definition) is 0. The van der Waals surface area contributed by atoms with E-state index in [9.17, 15) is 0 Å². The Hall–Kier alpha value is -5.28. The van der Waals surface area contributed by atoms with Gasteiger partial charge in [-0.25, -0.2) is 0 Å². The molecule has 0 saturated carbocycles. The van der Waals surface area contributed by atoms with E-state index >= 15 is 0 Å². The molecule has 3 heteroatoms. The van der Waals surface area contributed by atoms with Gasteiger partial charge in [0.05, 0.1) is 5.41 Å². The Bertz CT molecular complexity index is 2000. The van der Waals surface area contributed by atoms with Crippen LogP contribution < -0.4 is 14.4 Å². The van der Waals surface area contributed by atoms with Crippen LogP contribution in [-0.4, -0.2) is 6.04 Å². The van der Waals surface area contributed by atoms with Gasteiger partial charge < -0.3 is 14.4 Å². The molecular weight excluding hydrogens is 538 g/mol. The second-order valence-electron chi connectivity index (χ2n) is 11.7. The number of nitrogens with zero attached hydrogens (tertiary/aromatic N) is 1. The predicted molar refractivity (Wildman–Crippen MR) is 180 cm³/mol. The zero-order valence-corrected chi connectivity index (χ0v) is 25.2. The topological polar surface area (TPSA) is 21.7 Å². The molecule has 1 atom stereocenters. The van der Waals surface area contributed by atoms with Crippen molar-refractivity contribution in [1.82, 2.24) is 0 Å². The van der Waals surface area contributed by atoms with Crippen molar-refractivity contribution in [3.05, 3.63) is 162 Å². The molecule has 0 fully saturated rings. The molecule has 8 rings (SSSR count). The fraction of sp³-hybridized carbons (Fsp3) is 0.122. The molecule has 0 saturated heterocycles. The van der Waals surface area contributed by atoms with Gasteiger partial charge in [-0.05, 0) is 84.0 Å². The number of anilines is 1. The molecule has 1 aliphatic heterocycles. The zero-order chi connectivity index (χ0) is 30.0. The van der Waals surface area contributed by atoms with Gasteiger partial charge in [0.15, 0.2) is 23.0 Å². The average Bonchev–Trinajstić information content (AvgIpc) is 3.52. The van der Waals surface area contributed by atoms with Crippen molar-refractivity contribution < 1.29 is 9.47 Å². The van der Waals surface area contributed by atoms with Gasteiger partial charge in [0.2, 0.25) is 0 Å². The summed E-state index contributed by atoms with van der Waals surface area (Å²) in [5, 5.41) is 0. The van der Waals surface area contributed by atoms with Crippen LogP contribution in [0.2, 0.25) is 0 Å². The summed E-state index contributed by atoms with van der Waals surface area (Å²) in [5.74, 6) is 2.92. The quantitative estimate of drug-likeness (QED) is 0.151. The zero-order valence-electron chi connectivity index (χ0n) is 25.2. The number of hydrogen-bond acceptors (Lipinski definition) is 3. The number of fused-ring (bicyclic) bond motifs is 13. The Balaban J connectivity index is 1.30. The van der Waals surface area contributed by atoms with Crippen LogP contribution in [0, 0.1) is 0 Å². The molecule has 1 spiro atoms. The molecule has 1 heterocycles. The monoisotopic (exact) mass is 571 g/mol. The van der Waals surface area contributed by atoms with Crippen LogP contribution in [0.25, 0.3) is 22.3 Å². The van der Waals surface area contributed by atoms with Gasteiger partial charge in [-0.2, -0.15) is 0 Å². The van der Waals surface area contributed by atoms with E-state index in [2.05, 4.69) is 135 Å². The third-order valence-electron chi connectivity index (χ3n) is 9.33. The summed E-state index contributed by atoms with van der Waals surface area (Å²) in [4.78, 5) is 2.28. The molecule has 5 aromatic rings. The predicted octanol–water partition coefficient (Wildman–Crippen LogP) is 10.8. The minimum atomic E-state index is -0.417. The molecule has 0 N–H and O–H groups in total. The van der Waals surface area contributed by atoms with Crippen molar-refractivity contribution in [1.29, 1.82) is 0 Å². The lowest BCUT2D eigenvalue weighted by Gasteiger charge is -2.32. The Labute approximate surface area is 259 Å². The lowest BCUT2D eigenvalue weighted by molar-refractivity contribution is 0.360. The molecule has 1 unspecified atom stereocenters. The average molecular weight is 572 g/mol. The molecule has 3 nitrogen and oxygen atoms in total. The summed E-state index contributed by atoms with van der Waals surface area (Å²) in [6, 6.07) is 37.2. The first kappa shape index (κ1) is 26.4. The molecule has 2 aliphatic carbocycles. The van der Waals surface area contributed by atoms with Crippen molar-refractivity contribution >= 4 is 5.69 Å². The number of allylic oxidation sites excluding steroid dienone is 4. The number of ether oxygens (including phenoxy) is 2. The van der Waals surface area contributed by atoms with Gasteiger partial charge in [0, 0.05) is 29.1 Å². The van der Waals surface area contributed by atoms with Crippen LogP contribution in [-0.2, 0) is 5.41 Å². The minimum Gasteiger partial charge on any atom is -0.449 e. The molecular formula is C41H33NO2. The molecule has 0 aromatic heterocycles. The first-order chi connectivity index (χ1) is 21.6. The van der Waals surface area contributed by atoms with Crippen LogP contribution in [0.4, 0.5) is 5.69 Å². The molecule has 0 bridgehead atoms. The van der Waals surface area contributed by atoms with E-state index < -0.39 is 5.41 Å². The maximum absolute atomic E-state index is 6.82. The molecule has 0 amide bonds. The third-order valence-corrected chi connectivity index (χ3v) is 9.33. The van der Waals surface area contributed by atoms with E-state index in [-0.39, 0.29) is 6.04 Å².